The predicted molar refractivity (Wildman–Crippen MR) is 65.9 cm³/mol. The maximum Gasteiger partial charge on any atom is 0.326 e. The summed E-state index contributed by atoms with van der Waals surface area (Å²) in [5.74, 6) is -0.124. The van der Waals surface area contributed by atoms with Crippen molar-refractivity contribution in [3.63, 3.8) is 0 Å². The van der Waals surface area contributed by atoms with E-state index in [0.717, 1.165) is 5.56 Å². The number of carbonyl (C=O) groups is 1. The molecule has 1 aliphatic rings. The number of hydroxylamine groups is 2. The fraction of sp³-hybridized carbons (Fsp3) is 0.500. The number of nitrogens with zero attached hydrogens (tertiary/aromatic N) is 1. The van der Waals surface area contributed by atoms with Crippen LogP contribution in [0, 0.1) is 5.41 Å². The highest BCUT2D eigenvalue weighted by Crippen LogP contribution is 2.32. The van der Waals surface area contributed by atoms with Crippen molar-refractivity contribution in [3.8, 4) is 0 Å². The van der Waals surface area contributed by atoms with Crippen LogP contribution in [0.15, 0.2) is 30.3 Å². The zero-order chi connectivity index (χ0) is 12.5. The lowest BCUT2D eigenvalue weighted by atomic mass is 9.85. The highest BCUT2D eigenvalue weighted by molar-refractivity contribution is 5.71. The van der Waals surface area contributed by atoms with E-state index in [2.05, 4.69) is 20.8 Å². The van der Waals surface area contributed by atoms with Gasteiger partial charge < -0.3 is 4.84 Å². The van der Waals surface area contributed by atoms with E-state index in [9.17, 15) is 4.79 Å². The van der Waals surface area contributed by atoms with E-state index in [4.69, 9.17) is 4.84 Å². The number of carbonyl (C=O) groups excluding carboxylic acids is 1. The highest BCUT2D eigenvalue weighted by Gasteiger charge is 2.40. The first-order valence-electron chi connectivity index (χ1n) is 5.98. The van der Waals surface area contributed by atoms with E-state index >= 15 is 0 Å². The van der Waals surface area contributed by atoms with E-state index in [0.29, 0.717) is 13.0 Å². The van der Waals surface area contributed by atoms with Gasteiger partial charge in [0, 0.05) is 0 Å². The SMILES string of the molecule is CC(C)(C)C1CC(=O)ON1Cc1ccccc1. The van der Waals surface area contributed by atoms with Crippen molar-refractivity contribution in [3.05, 3.63) is 35.9 Å². The van der Waals surface area contributed by atoms with E-state index in [1.807, 2.05) is 35.4 Å². The van der Waals surface area contributed by atoms with Crippen molar-refractivity contribution in [2.75, 3.05) is 0 Å². The van der Waals surface area contributed by atoms with Gasteiger partial charge in [-0.25, -0.2) is 0 Å². The molecule has 0 saturated carbocycles. The molecule has 92 valence electrons. The van der Waals surface area contributed by atoms with Crippen molar-refractivity contribution in [1.82, 2.24) is 5.06 Å². The first-order valence-corrected chi connectivity index (χ1v) is 5.98. The average molecular weight is 233 g/mol. The van der Waals surface area contributed by atoms with Gasteiger partial charge in [0.25, 0.3) is 0 Å². The Labute approximate surface area is 102 Å². The van der Waals surface area contributed by atoms with Gasteiger partial charge >= 0.3 is 5.97 Å². The Morgan fingerprint density at radius 2 is 1.94 bits per heavy atom. The molecule has 0 spiro atoms. The zero-order valence-electron chi connectivity index (χ0n) is 10.6. The molecule has 3 heteroatoms. The molecule has 1 aromatic carbocycles. The molecule has 1 aromatic rings. The highest BCUT2D eigenvalue weighted by atomic mass is 16.7. The second-order valence-corrected chi connectivity index (χ2v) is 5.61. The normalized spacial score (nSPS) is 21.6. The van der Waals surface area contributed by atoms with E-state index in [-0.39, 0.29) is 17.4 Å². The quantitative estimate of drug-likeness (QED) is 0.786. The molecule has 1 atom stereocenters. The van der Waals surface area contributed by atoms with Crippen LogP contribution in [-0.4, -0.2) is 17.1 Å². The molecule has 1 unspecified atom stereocenters. The lowest BCUT2D eigenvalue weighted by molar-refractivity contribution is -0.183. The summed E-state index contributed by atoms with van der Waals surface area (Å²) in [7, 11) is 0. The fourth-order valence-electron chi connectivity index (χ4n) is 2.14. The maximum atomic E-state index is 11.4. The van der Waals surface area contributed by atoms with Crippen molar-refractivity contribution in [2.24, 2.45) is 5.41 Å². The van der Waals surface area contributed by atoms with Gasteiger partial charge in [0.2, 0.25) is 0 Å². The summed E-state index contributed by atoms with van der Waals surface area (Å²) in [6, 6.07) is 10.2. The Bertz CT molecular complexity index is 394. The van der Waals surface area contributed by atoms with Crippen molar-refractivity contribution in [1.29, 1.82) is 0 Å². The molecule has 0 bridgehead atoms. The predicted octanol–water partition coefficient (Wildman–Crippen LogP) is 2.77. The summed E-state index contributed by atoms with van der Waals surface area (Å²) in [4.78, 5) is 16.7. The third-order valence-electron chi connectivity index (χ3n) is 3.11. The van der Waals surface area contributed by atoms with Crippen LogP contribution >= 0.6 is 0 Å². The monoisotopic (exact) mass is 233 g/mol. The summed E-state index contributed by atoms with van der Waals surface area (Å²) >= 11 is 0. The lowest BCUT2D eigenvalue weighted by Crippen LogP contribution is -2.38. The maximum absolute atomic E-state index is 11.4. The van der Waals surface area contributed by atoms with Gasteiger partial charge in [-0.05, 0) is 11.0 Å². The Kier molecular flexibility index (Phi) is 3.20. The van der Waals surface area contributed by atoms with Crippen LogP contribution in [0.5, 0.6) is 0 Å². The fourth-order valence-corrected chi connectivity index (χ4v) is 2.14. The molecule has 0 radical (unpaired) electrons. The molecular formula is C14H19NO2. The second-order valence-electron chi connectivity index (χ2n) is 5.61. The number of rotatable bonds is 2. The van der Waals surface area contributed by atoms with Gasteiger partial charge in [0.15, 0.2) is 0 Å². The molecule has 1 fully saturated rings. The Balaban J connectivity index is 2.12. The zero-order valence-corrected chi connectivity index (χ0v) is 10.6. The summed E-state index contributed by atoms with van der Waals surface area (Å²) in [5, 5.41) is 1.82. The van der Waals surface area contributed by atoms with E-state index in [1.54, 1.807) is 0 Å². The average Bonchev–Trinajstić information content (AvgIpc) is 2.60. The van der Waals surface area contributed by atoms with Gasteiger partial charge in [-0.1, -0.05) is 51.1 Å². The molecule has 0 N–H and O–H groups in total. The smallest absolute Gasteiger partial charge is 0.326 e. The third-order valence-corrected chi connectivity index (χ3v) is 3.11. The summed E-state index contributed by atoms with van der Waals surface area (Å²) in [5.41, 5.74) is 1.21. The van der Waals surface area contributed by atoms with Crippen molar-refractivity contribution >= 4 is 5.97 Å². The van der Waals surface area contributed by atoms with Crippen molar-refractivity contribution in [2.45, 2.75) is 39.8 Å². The molecule has 0 aromatic heterocycles. The van der Waals surface area contributed by atoms with Crippen LogP contribution in [0.3, 0.4) is 0 Å². The minimum Gasteiger partial charge on any atom is -0.367 e. The third kappa shape index (κ3) is 2.86. The van der Waals surface area contributed by atoms with Gasteiger partial charge in [-0.2, -0.15) is 0 Å². The molecule has 0 aliphatic carbocycles. The number of hydrogen-bond acceptors (Lipinski definition) is 3. The lowest BCUT2D eigenvalue weighted by Gasteiger charge is -2.31. The topological polar surface area (TPSA) is 29.5 Å². The molecule has 1 heterocycles. The molecule has 0 amide bonds. The summed E-state index contributed by atoms with van der Waals surface area (Å²) in [6.45, 7) is 7.07. The summed E-state index contributed by atoms with van der Waals surface area (Å²) in [6.07, 6.45) is 0.482. The molecule has 1 saturated heterocycles. The van der Waals surface area contributed by atoms with Crippen molar-refractivity contribution < 1.29 is 9.63 Å². The van der Waals surface area contributed by atoms with Crippen LogP contribution < -0.4 is 0 Å². The molecule has 2 rings (SSSR count). The van der Waals surface area contributed by atoms with Gasteiger partial charge in [0.05, 0.1) is 19.0 Å². The second kappa shape index (κ2) is 4.49. The van der Waals surface area contributed by atoms with Crippen LogP contribution in [0.4, 0.5) is 0 Å². The molecule has 3 nitrogen and oxygen atoms in total. The minimum atomic E-state index is -0.124. The Hall–Kier alpha value is -1.35. The van der Waals surface area contributed by atoms with E-state index < -0.39 is 0 Å². The van der Waals surface area contributed by atoms with Crippen LogP contribution in [-0.2, 0) is 16.2 Å². The molecular weight excluding hydrogens is 214 g/mol. The Morgan fingerprint density at radius 3 is 2.53 bits per heavy atom. The number of hydrogen-bond donors (Lipinski definition) is 0. The van der Waals surface area contributed by atoms with Crippen LogP contribution in [0.2, 0.25) is 0 Å². The van der Waals surface area contributed by atoms with Crippen LogP contribution in [0.25, 0.3) is 0 Å². The van der Waals surface area contributed by atoms with Gasteiger partial charge in [0.1, 0.15) is 0 Å². The van der Waals surface area contributed by atoms with Crippen LogP contribution in [0.1, 0.15) is 32.8 Å². The summed E-state index contributed by atoms with van der Waals surface area (Å²) < 4.78 is 0. The molecule has 17 heavy (non-hydrogen) atoms. The van der Waals surface area contributed by atoms with E-state index in [1.165, 1.54) is 0 Å². The van der Waals surface area contributed by atoms with Gasteiger partial charge in [-0.15, -0.1) is 5.06 Å². The standard InChI is InChI=1S/C14H19NO2/c1-14(2,3)12-9-13(16)17-15(12)10-11-7-5-4-6-8-11/h4-8,12H,9-10H2,1-3H3. The Morgan fingerprint density at radius 1 is 1.29 bits per heavy atom. The molecule has 1 aliphatic heterocycles. The minimum absolute atomic E-state index is 0.0426. The largest absolute Gasteiger partial charge is 0.367 e. The van der Waals surface area contributed by atoms with Gasteiger partial charge in [-0.3, -0.25) is 4.79 Å². The first kappa shape index (κ1) is 12.1. The first-order chi connectivity index (χ1) is 7.97. The number of benzene rings is 1.